The number of carbonyl (C=O) groups is 1. The number of hydrogen-bond donors (Lipinski definition) is 1. The third-order valence-electron chi connectivity index (χ3n) is 3.53. The summed E-state index contributed by atoms with van der Waals surface area (Å²) in [5.74, 6) is -2.07. The van der Waals surface area contributed by atoms with Crippen molar-refractivity contribution in [3.8, 4) is 6.07 Å². The van der Waals surface area contributed by atoms with E-state index in [4.69, 9.17) is 0 Å². The summed E-state index contributed by atoms with van der Waals surface area (Å²) < 4.78 is 28.9. The Bertz CT molecular complexity index is 965. The molecule has 0 aliphatic carbocycles. The fraction of sp³-hybridized carbons (Fsp3) is 0.118. The molecule has 0 unspecified atom stereocenters. The van der Waals surface area contributed by atoms with E-state index in [-0.39, 0.29) is 21.9 Å². The molecule has 2 aromatic rings. The van der Waals surface area contributed by atoms with Crippen LogP contribution in [0.2, 0.25) is 0 Å². The summed E-state index contributed by atoms with van der Waals surface area (Å²) in [7, 11) is 0. The maximum absolute atomic E-state index is 13.9. The molecule has 0 saturated heterocycles. The summed E-state index contributed by atoms with van der Waals surface area (Å²) in [6.07, 6.45) is 0. The topological polar surface area (TPSA) is 70.7 Å². The van der Waals surface area contributed by atoms with Crippen LogP contribution in [0.5, 0.6) is 0 Å². The molecule has 1 aliphatic heterocycles. The zero-order valence-corrected chi connectivity index (χ0v) is 14.1. The smallest absolute Gasteiger partial charge is 0.291 e. The zero-order valence-electron chi connectivity index (χ0n) is 13.3. The molecule has 5 nitrogen and oxygen atoms in total. The van der Waals surface area contributed by atoms with Crippen molar-refractivity contribution >= 4 is 23.4 Å². The highest BCUT2D eigenvalue weighted by Gasteiger charge is 2.25. The number of thioether (sulfide) groups is 1. The molecule has 0 fully saturated rings. The van der Waals surface area contributed by atoms with Gasteiger partial charge in [0.25, 0.3) is 5.91 Å². The van der Waals surface area contributed by atoms with Crippen LogP contribution >= 0.6 is 11.8 Å². The first kappa shape index (κ1) is 16.9. The predicted octanol–water partition coefficient (Wildman–Crippen LogP) is 3.49. The summed E-state index contributed by atoms with van der Waals surface area (Å²) in [5.41, 5.74) is 0.976. The third-order valence-corrected chi connectivity index (χ3v) is 4.43. The lowest BCUT2D eigenvalue weighted by Gasteiger charge is -2.09. The first-order valence-corrected chi connectivity index (χ1v) is 8.11. The molecule has 1 aromatic carbocycles. The minimum atomic E-state index is -0.732. The fourth-order valence-corrected chi connectivity index (χ4v) is 3.27. The van der Waals surface area contributed by atoms with Gasteiger partial charge in [-0.1, -0.05) is 17.8 Å². The average molecular weight is 358 g/mol. The molecule has 1 aromatic heterocycles. The number of nitrogens with one attached hydrogen (secondary N) is 1. The van der Waals surface area contributed by atoms with Crippen LogP contribution in [-0.2, 0) is 0 Å². The highest BCUT2D eigenvalue weighted by Crippen LogP contribution is 2.34. The largest absolute Gasteiger partial charge is 0.348 e. The summed E-state index contributed by atoms with van der Waals surface area (Å²) >= 11 is 1.02. The fourth-order valence-electron chi connectivity index (χ4n) is 2.43. The molecule has 0 amide bonds. The Morgan fingerprint density at radius 2 is 2.00 bits per heavy atom. The van der Waals surface area contributed by atoms with E-state index < -0.39 is 17.5 Å². The summed E-state index contributed by atoms with van der Waals surface area (Å²) in [5, 5.41) is 17.9. The molecule has 1 aliphatic rings. The van der Waals surface area contributed by atoms with E-state index in [1.807, 2.05) is 6.07 Å². The molecule has 0 atom stereocenters. The monoisotopic (exact) mass is 358 g/mol. The van der Waals surface area contributed by atoms with Crippen LogP contribution in [0.15, 0.2) is 40.3 Å². The number of nitriles is 1. The second-order valence-corrected chi connectivity index (χ2v) is 6.21. The van der Waals surface area contributed by atoms with Crippen LogP contribution in [0.25, 0.3) is 5.70 Å². The van der Waals surface area contributed by atoms with Crippen LogP contribution in [0.1, 0.15) is 21.7 Å². The van der Waals surface area contributed by atoms with Crippen LogP contribution in [0.3, 0.4) is 0 Å². The van der Waals surface area contributed by atoms with Gasteiger partial charge >= 0.3 is 0 Å². The summed E-state index contributed by atoms with van der Waals surface area (Å²) in [6.45, 7) is 3.43. The number of hydrogen-bond acceptors (Lipinski definition) is 5. The Morgan fingerprint density at radius 3 is 2.56 bits per heavy atom. The van der Waals surface area contributed by atoms with Crippen molar-refractivity contribution < 1.29 is 13.6 Å². The van der Waals surface area contributed by atoms with Crippen molar-refractivity contribution in [2.45, 2.75) is 13.8 Å². The average Bonchev–Trinajstić information content (AvgIpc) is 3.14. The quantitative estimate of drug-likeness (QED) is 0.657. The molecular weight excluding hydrogens is 346 g/mol. The molecule has 0 radical (unpaired) electrons. The number of carbonyl (C=O) groups excluding carboxylic acids is 1. The van der Waals surface area contributed by atoms with Gasteiger partial charge in [0.1, 0.15) is 28.3 Å². The molecule has 3 rings (SSSR count). The van der Waals surface area contributed by atoms with Gasteiger partial charge in [-0.15, -0.1) is 0 Å². The maximum Gasteiger partial charge on any atom is 0.291 e. The van der Waals surface area contributed by atoms with Gasteiger partial charge in [-0.2, -0.15) is 10.4 Å². The van der Waals surface area contributed by atoms with Gasteiger partial charge in [0.05, 0.1) is 17.0 Å². The number of rotatable bonds is 2. The number of halogens is 2. The van der Waals surface area contributed by atoms with E-state index in [1.165, 1.54) is 11.5 Å². The van der Waals surface area contributed by atoms with Crippen LogP contribution in [0, 0.1) is 36.8 Å². The zero-order chi connectivity index (χ0) is 18.1. The first-order chi connectivity index (χ1) is 11.9. The van der Waals surface area contributed by atoms with E-state index in [0.717, 1.165) is 28.6 Å². The maximum atomic E-state index is 13.9. The van der Waals surface area contributed by atoms with Crippen molar-refractivity contribution in [1.82, 2.24) is 15.1 Å². The van der Waals surface area contributed by atoms with Crippen molar-refractivity contribution in [1.29, 1.82) is 5.26 Å². The van der Waals surface area contributed by atoms with Gasteiger partial charge in [-0.25, -0.2) is 13.5 Å². The number of aromatic nitrogens is 2. The number of allylic oxidation sites excluding steroid dienone is 1. The Morgan fingerprint density at radius 1 is 1.32 bits per heavy atom. The van der Waals surface area contributed by atoms with Crippen molar-refractivity contribution in [3.05, 3.63) is 68.9 Å². The number of aryl methyl sites for hydroxylation is 2. The van der Waals surface area contributed by atoms with Crippen LogP contribution < -0.4 is 5.32 Å². The SMILES string of the molecule is Cc1cc(C)n(C(=O)C(C#N)=C2NC(c3c(F)cccc3F)=CS2)n1. The van der Waals surface area contributed by atoms with E-state index in [1.54, 1.807) is 19.9 Å². The normalized spacial score (nSPS) is 15.4. The van der Waals surface area contributed by atoms with Gasteiger partial charge in [0.15, 0.2) is 0 Å². The second kappa shape index (κ2) is 6.53. The van der Waals surface area contributed by atoms with Crippen molar-refractivity contribution in [3.63, 3.8) is 0 Å². The molecule has 8 heteroatoms. The molecule has 126 valence electrons. The highest BCUT2D eigenvalue weighted by atomic mass is 32.2. The summed E-state index contributed by atoms with van der Waals surface area (Å²) in [4.78, 5) is 12.6. The van der Waals surface area contributed by atoms with Gasteiger partial charge in [0, 0.05) is 11.1 Å². The van der Waals surface area contributed by atoms with E-state index >= 15 is 0 Å². The lowest BCUT2D eigenvalue weighted by Crippen LogP contribution is -2.20. The Kier molecular flexibility index (Phi) is 4.42. The lowest BCUT2D eigenvalue weighted by molar-refractivity contribution is 0.0942. The predicted molar refractivity (Wildman–Crippen MR) is 90.0 cm³/mol. The molecule has 1 N–H and O–H groups in total. The van der Waals surface area contributed by atoms with Crippen LogP contribution in [0.4, 0.5) is 8.78 Å². The lowest BCUT2D eigenvalue weighted by atomic mass is 10.1. The highest BCUT2D eigenvalue weighted by molar-refractivity contribution is 8.06. The van der Waals surface area contributed by atoms with Crippen molar-refractivity contribution in [2.24, 2.45) is 0 Å². The molecular formula is C17H12F2N4OS. The molecule has 25 heavy (non-hydrogen) atoms. The summed E-state index contributed by atoms with van der Waals surface area (Å²) in [6, 6.07) is 7.10. The van der Waals surface area contributed by atoms with Crippen molar-refractivity contribution in [2.75, 3.05) is 0 Å². The van der Waals surface area contributed by atoms with Gasteiger partial charge < -0.3 is 5.32 Å². The van der Waals surface area contributed by atoms with Gasteiger partial charge in [-0.3, -0.25) is 4.79 Å². The van der Waals surface area contributed by atoms with Crippen LogP contribution in [-0.4, -0.2) is 15.7 Å². The minimum Gasteiger partial charge on any atom is -0.348 e. The third kappa shape index (κ3) is 3.06. The van der Waals surface area contributed by atoms with Gasteiger partial charge in [0.2, 0.25) is 0 Å². The van der Waals surface area contributed by atoms with E-state index in [0.29, 0.717) is 11.4 Å². The molecule has 0 spiro atoms. The van der Waals surface area contributed by atoms with Gasteiger partial charge in [-0.05, 0) is 32.0 Å². The Hall–Kier alpha value is -2.92. The standard InChI is InChI=1S/C17H12F2N4OS/c1-9-6-10(2)23(22-9)17(24)11(7-20)16-21-14(8-25-16)15-12(18)4-3-5-13(15)19/h3-6,8,21H,1-2H3. The molecule has 2 heterocycles. The Labute approximate surface area is 146 Å². The minimum absolute atomic E-state index is 0.157. The van der Waals surface area contributed by atoms with E-state index in [9.17, 15) is 18.8 Å². The number of benzene rings is 1. The Balaban J connectivity index is 1.95. The molecule has 0 bridgehead atoms. The molecule has 0 saturated carbocycles. The first-order valence-electron chi connectivity index (χ1n) is 7.23. The second-order valence-electron chi connectivity index (χ2n) is 5.33. The van der Waals surface area contributed by atoms with E-state index in [2.05, 4.69) is 10.4 Å². The number of nitrogens with zero attached hydrogens (tertiary/aromatic N) is 3.